The maximum absolute atomic E-state index is 9.14. The summed E-state index contributed by atoms with van der Waals surface area (Å²) >= 11 is 0. The number of aliphatic hydroxyl groups is 2. The third-order valence-electron chi connectivity index (χ3n) is 2.40. The molecule has 4 nitrogen and oxygen atoms in total. The van der Waals surface area contributed by atoms with Crippen LogP contribution in [0.1, 0.15) is 47.5 Å². The van der Waals surface area contributed by atoms with Gasteiger partial charge in [-0.1, -0.05) is 0 Å². The summed E-state index contributed by atoms with van der Waals surface area (Å²) in [6.07, 6.45) is 0.553. The fraction of sp³-hybridized carbons (Fsp3) is 1.00. The van der Waals surface area contributed by atoms with E-state index in [1.807, 2.05) is 27.7 Å². The molecule has 0 fully saturated rings. The van der Waals surface area contributed by atoms with Crippen LogP contribution in [0.4, 0.5) is 0 Å². The molecule has 2 N–H and O–H groups in total. The van der Waals surface area contributed by atoms with Gasteiger partial charge >= 0.3 is 0 Å². The van der Waals surface area contributed by atoms with Crippen molar-refractivity contribution in [1.82, 2.24) is 0 Å². The minimum atomic E-state index is -0.763. The van der Waals surface area contributed by atoms with Crippen molar-refractivity contribution >= 4 is 0 Å². The second-order valence-electron chi connectivity index (χ2n) is 5.31. The molecular formula is C12H26O4. The van der Waals surface area contributed by atoms with Crippen molar-refractivity contribution in [3.05, 3.63) is 0 Å². The van der Waals surface area contributed by atoms with Gasteiger partial charge in [-0.05, 0) is 47.5 Å². The normalized spacial score (nSPS) is 15.2. The third kappa shape index (κ3) is 8.05. The Morgan fingerprint density at radius 2 is 1.62 bits per heavy atom. The van der Waals surface area contributed by atoms with Gasteiger partial charge < -0.3 is 19.7 Å². The molecule has 98 valence electrons. The van der Waals surface area contributed by atoms with Crippen LogP contribution in [-0.4, -0.2) is 40.9 Å². The summed E-state index contributed by atoms with van der Waals surface area (Å²) in [5.41, 5.74) is -0.709. The Bertz CT molecular complexity index is 187. The minimum Gasteiger partial charge on any atom is -0.396 e. The SMILES string of the molecule is CC(O)OC(C)(C)CCOC(C)(C)CCO. The monoisotopic (exact) mass is 234 g/mol. The molecule has 0 rings (SSSR count). The van der Waals surface area contributed by atoms with E-state index in [9.17, 15) is 0 Å². The second-order valence-corrected chi connectivity index (χ2v) is 5.31. The summed E-state index contributed by atoms with van der Waals surface area (Å²) in [6, 6.07) is 0. The molecule has 0 saturated carbocycles. The van der Waals surface area contributed by atoms with Gasteiger partial charge in [-0.2, -0.15) is 0 Å². The zero-order valence-corrected chi connectivity index (χ0v) is 11.1. The molecule has 0 radical (unpaired) electrons. The second kappa shape index (κ2) is 6.55. The maximum Gasteiger partial charge on any atom is 0.152 e. The number of hydrogen-bond donors (Lipinski definition) is 2. The lowest BCUT2D eigenvalue weighted by atomic mass is 10.0. The summed E-state index contributed by atoms with van der Waals surface area (Å²) < 4.78 is 11.0. The minimum absolute atomic E-state index is 0.126. The fourth-order valence-corrected chi connectivity index (χ4v) is 1.44. The van der Waals surface area contributed by atoms with E-state index < -0.39 is 11.9 Å². The first-order valence-corrected chi connectivity index (χ1v) is 5.79. The Labute approximate surface area is 98.6 Å². The first-order valence-electron chi connectivity index (χ1n) is 5.79. The van der Waals surface area contributed by atoms with Crippen LogP contribution >= 0.6 is 0 Å². The van der Waals surface area contributed by atoms with Crippen molar-refractivity contribution in [2.75, 3.05) is 13.2 Å². The van der Waals surface area contributed by atoms with Gasteiger partial charge in [-0.3, -0.25) is 0 Å². The molecule has 0 aliphatic heterocycles. The Morgan fingerprint density at radius 1 is 1.06 bits per heavy atom. The zero-order valence-electron chi connectivity index (χ0n) is 11.1. The molecule has 0 amide bonds. The van der Waals surface area contributed by atoms with E-state index in [-0.39, 0.29) is 12.2 Å². The predicted octanol–water partition coefficient (Wildman–Crippen LogP) is 1.69. The van der Waals surface area contributed by atoms with Crippen molar-refractivity contribution in [3.63, 3.8) is 0 Å². The first-order chi connectivity index (χ1) is 7.18. The lowest BCUT2D eigenvalue weighted by Crippen LogP contribution is -2.33. The molecule has 0 bridgehead atoms. The summed E-state index contributed by atoms with van der Waals surface area (Å²) in [7, 11) is 0. The van der Waals surface area contributed by atoms with Crippen LogP contribution in [-0.2, 0) is 9.47 Å². The summed E-state index contributed by atoms with van der Waals surface area (Å²) in [4.78, 5) is 0. The highest BCUT2D eigenvalue weighted by molar-refractivity contribution is 4.72. The molecule has 0 aliphatic rings. The number of aliphatic hydroxyl groups excluding tert-OH is 2. The number of rotatable bonds is 8. The van der Waals surface area contributed by atoms with Crippen molar-refractivity contribution in [2.45, 2.75) is 65.0 Å². The molecule has 0 saturated heterocycles. The molecule has 1 unspecified atom stereocenters. The Balaban J connectivity index is 3.88. The maximum atomic E-state index is 9.14. The van der Waals surface area contributed by atoms with Crippen LogP contribution in [0.15, 0.2) is 0 Å². The number of ether oxygens (including phenoxy) is 2. The Morgan fingerprint density at radius 3 is 2.06 bits per heavy atom. The lowest BCUT2D eigenvalue weighted by Gasteiger charge is -2.30. The van der Waals surface area contributed by atoms with Crippen LogP contribution in [0.25, 0.3) is 0 Å². The van der Waals surface area contributed by atoms with Crippen LogP contribution < -0.4 is 0 Å². The van der Waals surface area contributed by atoms with Crippen molar-refractivity contribution in [3.8, 4) is 0 Å². The standard InChI is InChI=1S/C12H26O4/c1-10(14)16-12(4,5)7-9-15-11(2,3)6-8-13/h10,13-14H,6-9H2,1-5H3. The summed E-state index contributed by atoms with van der Waals surface area (Å²) in [6.45, 7) is 10.0. The van der Waals surface area contributed by atoms with E-state index in [1.165, 1.54) is 0 Å². The molecular weight excluding hydrogens is 208 g/mol. The van der Waals surface area contributed by atoms with Gasteiger partial charge in [0, 0.05) is 6.61 Å². The quantitative estimate of drug-likeness (QED) is 0.627. The number of hydrogen-bond acceptors (Lipinski definition) is 4. The van der Waals surface area contributed by atoms with E-state index in [4.69, 9.17) is 19.7 Å². The molecule has 0 spiro atoms. The van der Waals surface area contributed by atoms with Gasteiger partial charge in [0.2, 0.25) is 0 Å². The van der Waals surface area contributed by atoms with E-state index >= 15 is 0 Å². The Kier molecular flexibility index (Phi) is 6.48. The van der Waals surface area contributed by atoms with Gasteiger partial charge in [-0.15, -0.1) is 0 Å². The third-order valence-corrected chi connectivity index (χ3v) is 2.40. The molecule has 16 heavy (non-hydrogen) atoms. The van der Waals surface area contributed by atoms with E-state index in [2.05, 4.69) is 0 Å². The molecule has 0 aliphatic carbocycles. The molecule has 0 heterocycles. The van der Waals surface area contributed by atoms with Gasteiger partial charge in [-0.25, -0.2) is 0 Å². The van der Waals surface area contributed by atoms with E-state index in [1.54, 1.807) is 6.92 Å². The topological polar surface area (TPSA) is 58.9 Å². The van der Waals surface area contributed by atoms with Crippen molar-refractivity contribution in [1.29, 1.82) is 0 Å². The Hall–Kier alpha value is -0.160. The highest BCUT2D eigenvalue weighted by Gasteiger charge is 2.23. The van der Waals surface area contributed by atoms with Gasteiger partial charge in [0.15, 0.2) is 6.29 Å². The highest BCUT2D eigenvalue weighted by Crippen LogP contribution is 2.19. The van der Waals surface area contributed by atoms with Gasteiger partial charge in [0.25, 0.3) is 0 Å². The van der Waals surface area contributed by atoms with Gasteiger partial charge in [0.1, 0.15) is 0 Å². The summed E-state index contributed by atoms with van der Waals surface area (Å²) in [5, 5.41) is 18.0. The largest absolute Gasteiger partial charge is 0.396 e. The molecule has 0 aromatic heterocycles. The molecule has 4 heteroatoms. The van der Waals surface area contributed by atoms with Crippen LogP contribution in [0.3, 0.4) is 0 Å². The molecule has 0 aromatic carbocycles. The van der Waals surface area contributed by atoms with Crippen molar-refractivity contribution in [2.24, 2.45) is 0 Å². The van der Waals surface area contributed by atoms with Crippen LogP contribution in [0.5, 0.6) is 0 Å². The van der Waals surface area contributed by atoms with Gasteiger partial charge in [0.05, 0.1) is 17.8 Å². The van der Waals surface area contributed by atoms with E-state index in [0.717, 1.165) is 0 Å². The molecule has 1 atom stereocenters. The predicted molar refractivity (Wildman–Crippen MR) is 63.2 cm³/mol. The lowest BCUT2D eigenvalue weighted by molar-refractivity contribution is -0.172. The first kappa shape index (κ1) is 15.8. The highest BCUT2D eigenvalue weighted by atomic mass is 16.6. The van der Waals surface area contributed by atoms with Crippen LogP contribution in [0, 0.1) is 0 Å². The smallest absolute Gasteiger partial charge is 0.152 e. The fourth-order valence-electron chi connectivity index (χ4n) is 1.44. The molecule has 0 aromatic rings. The zero-order chi connectivity index (χ0) is 12.8. The average Bonchev–Trinajstić information content (AvgIpc) is 1.99. The summed E-state index contributed by atoms with van der Waals surface area (Å²) in [5.74, 6) is 0. The van der Waals surface area contributed by atoms with Crippen LogP contribution in [0.2, 0.25) is 0 Å². The van der Waals surface area contributed by atoms with E-state index in [0.29, 0.717) is 19.4 Å². The average molecular weight is 234 g/mol. The van der Waals surface area contributed by atoms with Crippen molar-refractivity contribution < 1.29 is 19.7 Å².